The summed E-state index contributed by atoms with van der Waals surface area (Å²) in [6.45, 7) is 0.516. The maximum Gasteiger partial charge on any atom is 0.164 e. The third-order valence-electron chi connectivity index (χ3n) is 2.17. The number of methoxy groups -OCH3 is 1. The summed E-state index contributed by atoms with van der Waals surface area (Å²) >= 11 is 0. The zero-order chi connectivity index (χ0) is 11.3. The third-order valence-corrected chi connectivity index (χ3v) is 2.17. The Morgan fingerprint density at radius 1 is 1.47 bits per heavy atom. The summed E-state index contributed by atoms with van der Waals surface area (Å²) in [5.74, 6) is 0.684. The number of carbonyl (C=O) groups excluding carboxylic acids is 1. The number of hydrogen-bond acceptors (Lipinski definition) is 4. The van der Waals surface area contributed by atoms with Crippen LogP contribution in [0.15, 0.2) is 18.2 Å². The Bertz CT molecular complexity index is 350. The van der Waals surface area contributed by atoms with Gasteiger partial charge in [0, 0.05) is 23.7 Å². The van der Waals surface area contributed by atoms with E-state index in [1.165, 1.54) is 0 Å². The lowest BCUT2D eigenvalue weighted by Crippen LogP contribution is -2.07. The van der Waals surface area contributed by atoms with Gasteiger partial charge >= 0.3 is 0 Å². The van der Waals surface area contributed by atoms with E-state index in [1.807, 2.05) is 0 Å². The summed E-state index contributed by atoms with van der Waals surface area (Å²) < 4.78 is 5.00. The van der Waals surface area contributed by atoms with Crippen molar-refractivity contribution in [3.8, 4) is 5.75 Å². The largest absolute Gasteiger partial charge is 0.497 e. The van der Waals surface area contributed by atoms with E-state index in [0.717, 1.165) is 0 Å². The van der Waals surface area contributed by atoms with E-state index in [9.17, 15) is 4.79 Å². The Balaban J connectivity index is 2.81. The lowest BCUT2D eigenvalue weighted by Gasteiger charge is -2.06. The molecule has 0 aliphatic heterocycles. The Kier molecular flexibility index (Phi) is 4.12. The van der Waals surface area contributed by atoms with Gasteiger partial charge in [-0.05, 0) is 25.1 Å². The molecule has 4 N–H and O–H groups in total. The van der Waals surface area contributed by atoms with Crippen LogP contribution in [0.4, 0.5) is 5.69 Å². The number of Topliss-reactive ketones (excluding diaryl/α,β-unsaturated/α-hetero) is 1. The molecule has 15 heavy (non-hydrogen) atoms. The second-order valence-electron chi connectivity index (χ2n) is 3.27. The van der Waals surface area contributed by atoms with Crippen molar-refractivity contribution in [3.63, 3.8) is 0 Å². The van der Waals surface area contributed by atoms with Crippen molar-refractivity contribution >= 4 is 11.5 Å². The molecule has 1 aromatic carbocycles. The molecule has 0 atom stereocenters. The molecule has 1 aromatic rings. The average Bonchev–Trinajstić information content (AvgIpc) is 2.25. The van der Waals surface area contributed by atoms with Crippen LogP contribution in [0.2, 0.25) is 0 Å². The second kappa shape index (κ2) is 5.36. The van der Waals surface area contributed by atoms with Crippen molar-refractivity contribution in [2.75, 3.05) is 19.4 Å². The van der Waals surface area contributed by atoms with Crippen LogP contribution in [0.5, 0.6) is 5.75 Å². The molecule has 0 amide bonds. The van der Waals surface area contributed by atoms with Gasteiger partial charge in [-0.1, -0.05) is 0 Å². The fourth-order valence-corrected chi connectivity index (χ4v) is 1.32. The summed E-state index contributed by atoms with van der Waals surface area (Å²) in [6.07, 6.45) is 1.12. The number of nitrogen functional groups attached to an aromatic ring is 1. The topological polar surface area (TPSA) is 78.3 Å². The van der Waals surface area contributed by atoms with Gasteiger partial charge in [0.05, 0.1) is 7.11 Å². The predicted octanol–water partition coefficient (Wildman–Crippen LogP) is 1.20. The summed E-state index contributed by atoms with van der Waals surface area (Å²) in [5.41, 5.74) is 12.1. The van der Waals surface area contributed by atoms with Crippen LogP contribution in [0, 0.1) is 0 Å². The van der Waals surface area contributed by atoms with Crippen LogP contribution in [-0.2, 0) is 0 Å². The molecular weight excluding hydrogens is 192 g/mol. The van der Waals surface area contributed by atoms with Gasteiger partial charge in [-0.25, -0.2) is 0 Å². The predicted molar refractivity (Wildman–Crippen MR) is 60.0 cm³/mol. The van der Waals surface area contributed by atoms with Crippen LogP contribution in [0.25, 0.3) is 0 Å². The number of carbonyl (C=O) groups is 1. The highest BCUT2D eigenvalue weighted by Crippen LogP contribution is 2.21. The van der Waals surface area contributed by atoms with Crippen molar-refractivity contribution in [1.82, 2.24) is 0 Å². The first-order chi connectivity index (χ1) is 7.19. The minimum absolute atomic E-state index is 0.0283. The lowest BCUT2D eigenvalue weighted by atomic mass is 10.0. The fraction of sp³-hybridized carbons (Fsp3) is 0.364. The smallest absolute Gasteiger partial charge is 0.164 e. The van der Waals surface area contributed by atoms with Crippen LogP contribution in [0.3, 0.4) is 0 Å². The zero-order valence-electron chi connectivity index (χ0n) is 8.82. The molecule has 0 radical (unpaired) electrons. The van der Waals surface area contributed by atoms with Crippen molar-refractivity contribution in [2.24, 2.45) is 5.73 Å². The quantitative estimate of drug-likeness (QED) is 0.563. The Hall–Kier alpha value is -1.55. The zero-order valence-corrected chi connectivity index (χ0v) is 8.82. The van der Waals surface area contributed by atoms with E-state index >= 15 is 0 Å². The fourth-order valence-electron chi connectivity index (χ4n) is 1.32. The van der Waals surface area contributed by atoms with E-state index in [4.69, 9.17) is 16.2 Å². The number of ketones is 1. The second-order valence-corrected chi connectivity index (χ2v) is 3.27. The van der Waals surface area contributed by atoms with Gasteiger partial charge in [0.15, 0.2) is 5.78 Å². The SMILES string of the molecule is COc1ccc(C(=O)CCCN)c(N)c1. The molecule has 0 heterocycles. The van der Waals surface area contributed by atoms with Crippen LogP contribution in [0.1, 0.15) is 23.2 Å². The standard InChI is InChI=1S/C11H16N2O2/c1-15-8-4-5-9(10(13)7-8)11(14)3-2-6-12/h4-5,7H,2-3,6,12-13H2,1H3. The monoisotopic (exact) mass is 208 g/mol. The number of hydrogen-bond donors (Lipinski definition) is 2. The highest BCUT2D eigenvalue weighted by Gasteiger charge is 2.09. The van der Waals surface area contributed by atoms with Crippen LogP contribution >= 0.6 is 0 Å². The molecule has 0 saturated carbocycles. The molecule has 0 fully saturated rings. The summed E-state index contributed by atoms with van der Waals surface area (Å²) in [7, 11) is 1.56. The highest BCUT2D eigenvalue weighted by molar-refractivity contribution is 6.00. The van der Waals surface area contributed by atoms with Gasteiger partial charge in [0.1, 0.15) is 5.75 Å². The Labute approximate surface area is 89.2 Å². The van der Waals surface area contributed by atoms with Crippen LogP contribution in [-0.4, -0.2) is 19.4 Å². The van der Waals surface area contributed by atoms with Crippen molar-refractivity contribution in [3.05, 3.63) is 23.8 Å². The molecule has 0 aliphatic carbocycles. The number of anilines is 1. The normalized spacial score (nSPS) is 10.0. The molecule has 0 unspecified atom stereocenters. The molecule has 1 rings (SSSR count). The van der Waals surface area contributed by atoms with Crippen molar-refractivity contribution in [1.29, 1.82) is 0 Å². The van der Waals surface area contributed by atoms with Gasteiger partial charge in [0.25, 0.3) is 0 Å². The number of rotatable bonds is 5. The summed E-state index contributed by atoms with van der Waals surface area (Å²) in [4.78, 5) is 11.6. The highest BCUT2D eigenvalue weighted by atomic mass is 16.5. The molecule has 82 valence electrons. The van der Waals surface area contributed by atoms with Gasteiger partial charge in [-0.2, -0.15) is 0 Å². The number of nitrogens with two attached hydrogens (primary N) is 2. The molecule has 4 nitrogen and oxygen atoms in total. The van der Waals surface area contributed by atoms with Gasteiger partial charge in [-0.3, -0.25) is 4.79 Å². The molecule has 0 bridgehead atoms. The first-order valence-electron chi connectivity index (χ1n) is 4.86. The van der Waals surface area contributed by atoms with Crippen molar-refractivity contribution in [2.45, 2.75) is 12.8 Å². The summed E-state index contributed by atoms with van der Waals surface area (Å²) in [5, 5.41) is 0. The van der Waals surface area contributed by atoms with E-state index in [2.05, 4.69) is 0 Å². The van der Waals surface area contributed by atoms with Gasteiger partial charge in [0.2, 0.25) is 0 Å². The molecule has 0 aromatic heterocycles. The van der Waals surface area contributed by atoms with E-state index < -0.39 is 0 Å². The molecule has 0 saturated heterocycles. The molecular formula is C11H16N2O2. The first-order valence-corrected chi connectivity index (χ1v) is 4.86. The minimum atomic E-state index is 0.0283. The van der Waals surface area contributed by atoms with Crippen LogP contribution < -0.4 is 16.2 Å². The first kappa shape index (κ1) is 11.5. The summed E-state index contributed by atoms with van der Waals surface area (Å²) in [6, 6.07) is 5.06. The third kappa shape index (κ3) is 2.95. The van der Waals surface area contributed by atoms with Gasteiger partial charge < -0.3 is 16.2 Å². The van der Waals surface area contributed by atoms with E-state index in [0.29, 0.717) is 36.4 Å². The maximum atomic E-state index is 11.6. The van der Waals surface area contributed by atoms with Gasteiger partial charge in [-0.15, -0.1) is 0 Å². The molecule has 0 spiro atoms. The maximum absolute atomic E-state index is 11.6. The molecule has 4 heteroatoms. The Morgan fingerprint density at radius 3 is 2.73 bits per heavy atom. The van der Waals surface area contributed by atoms with E-state index in [-0.39, 0.29) is 5.78 Å². The van der Waals surface area contributed by atoms with E-state index in [1.54, 1.807) is 25.3 Å². The average molecular weight is 208 g/mol. The number of benzene rings is 1. The lowest BCUT2D eigenvalue weighted by molar-refractivity contribution is 0.0981. The Morgan fingerprint density at radius 2 is 2.20 bits per heavy atom. The number of ether oxygens (including phenoxy) is 1. The molecule has 0 aliphatic rings. The minimum Gasteiger partial charge on any atom is -0.497 e. The van der Waals surface area contributed by atoms with Crippen molar-refractivity contribution < 1.29 is 9.53 Å².